The second kappa shape index (κ2) is 7.31. The molecular formula is C23H32O4. The maximum atomic E-state index is 12.8. The first-order chi connectivity index (χ1) is 12.7. The molecular weight excluding hydrogens is 340 g/mol. The first-order valence-electron chi connectivity index (χ1n) is 9.92. The van der Waals surface area contributed by atoms with Gasteiger partial charge in [0.1, 0.15) is 11.9 Å². The number of ether oxygens (including phenoxy) is 2. The van der Waals surface area contributed by atoms with E-state index in [4.69, 9.17) is 9.47 Å². The highest BCUT2D eigenvalue weighted by atomic mass is 16.5. The Morgan fingerprint density at radius 3 is 2.48 bits per heavy atom. The summed E-state index contributed by atoms with van der Waals surface area (Å²) >= 11 is 0. The molecule has 0 radical (unpaired) electrons. The summed E-state index contributed by atoms with van der Waals surface area (Å²) in [5.74, 6) is 0.417. The number of allylic oxidation sites excluding steroid dienone is 1. The van der Waals surface area contributed by atoms with E-state index in [9.17, 15) is 9.90 Å². The normalized spacial score (nSPS) is 33.2. The molecule has 0 aliphatic heterocycles. The van der Waals surface area contributed by atoms with Crippen molar-refractivity contribution in [2.45, 2.75) is 65.1 Å². The average Bonchev–Trinajstić information content (AvgIpc) is 2.85. The van der Waals surface area contributed by atoms with E-state index in [0.29, 0.717) is 17.7 Å². The third-order valence-electron chi connectivity index (χ3n) is 6.78. The van der Waals surface area contributed by atoms with E-state index in [1.165, 1.54) is 5.57 Å². The molecule has 4 atom stereocenters. The van der Waals surface area contributed by atoms with Crippen LogP contribution in [0.15, 0.2) is 35.9 Å². The van der Waals surface area contributed by atoms with Gasteiger partial charge in [0.25, 0.3) is 0 Å². The summed E-state index contributed by atoms with van der Waals surface area (Å²) in [4.78, 5) is 12.8. The van der Waals surface area contributed by atoms with Crippen molar-refractivity contribution in [1.29, 1.82) is 0 Å². The van der Waals surface area contributed by atoms with Crippen LogP contribution < -0.4 is 4.74 Å². The fourth-order valence-corrected chi connectivity index (χ4v) is 5.02. The van der Waals surface area contributed by atoms with Crippen molar-refractivity contribution >= 4 is 5.97 Å². The molecule has 4 unspecified atom stereocenters. The standard InChI is InChI=1S/C23H32O4/c1-15(2)23(25)13-12-22(4)11-10-16(3)14-19(20(22)23)27-21(24)17-6-8-18(26-5)9-7-17/h6-10,15,19-20,25H,11-14H2,1-5H3. The number of aliphatic hydroxyl groups is 1. The van der Waals surface area contributed by atoms with Gasteiger partial charge in [-0.3, -0.25) is 0 Å². The molecule has 3 rings (SSSR count). The van der Waals surface area contributed by atoms with Gasteiger partial charge in [0.05, 0.1) is 18.3 Å². The van der Waals surface area contributed by atoms with E-state index in [1.807, 2.05) is 0 Å². The van der Waals surface area contributed by atoms with Crippen LogP contribution in [0.1, 0.15) is 63.7 Å². The largest absolute Gasteiger partial charge is 0.497 e. The van der Waals surface area contributed by atoms with Crippen LogP contribution >= 0.6 is 0 Å². The van der Waals surface area contributed by atoms with Gasteiger partial charge in [-0.1, -0.05) is 32.4 Å². The van der Waals surface area contributed by atoms with E-state index < -0.39 is 5.60 Å². The number of benzene rings is 1. The minimum atomic E-state index is -0.807. The lowest BCUT2D eigenvalue weighted by molar-refractivity contribution is -0.112. The molecule has 148 valence electrons. The summed E-state index contributed by atoms with van der Waals surface area (Å²) in [7, 11) is 1.60. The second-order valence-electron chi connectivity index (χ2n) is 8.91. The smallest absolute Gasteiger partial charge is 0.338 e. The Labute approximate surface area is 162 Å². The van der Waals surface area contributed by atoms with Crippen LogP contribution in [0.4, 0.5) is 0 Å². The van der Waals surface area contributed by atoms with Crippen LogP contribution in [-0.4, -0.2) is 29.9 Å². The van der Waals surface area contributed by atoms with Crippen molar-refractivity contribution in [2.24, 2.45) is 17.3 Å². The zero-order valence-corrected chi connectivity index (χ0v) is 17.1. The number of fused-ring (bicyclic) bond motifs is 1. The quantitative estimate of drug-likeness (QED) is 0.611. The fourth-order valence-electron chi connectivity index (χ4n) is 5.02. The van der Waals surface area contributed by atoms with Crippen LogP contribution in [0.25, 0.3) is 0 Å². The Bertz CT molecular complexity index is 720. The van der Waals surface area contributed by atoms with Gasteiger partial charge < -0.3 is 14.6 Å². The fraction of sp³-hybridized carbons (Fsp3) is 0.609. The summed E-state index contributed by atoms with van der Waals surface area (Å²) in [5, 5.41) is 11.5. The SMILES string of the molecule is COc1ccc(C(=O)OC2CC(C)=CCC3(C)CCC(O)(C(C)C)C23)cc1. The Hall–Kier alpha value is -1.81. The van der Waals surface area contributed by atoms with Gasteiger partial charge >= 0.3 is 5.97 Å². The zero-order chi connectivity index (χ0) is 19.8. The monoisotopic (exact) mass is 372 g/mol. The highest BCUT2D eigenvalue weighted by Crippen LogP contribution is 2.58. The minimum Gasteiger partial charge on any atom is -0.497 e. The molecule has 1 N–H and O–H groups in total. The van der Waals surface area contributed by atoms with Gasteiger partial charge in [-0.15, -0.1) is 0 Å². The van der Waals surface area contributed by atoms with E-state index in [1.54, 1.807) is 31.4 Å². The van der Waals surface area contributed by atoms with E-state index >= 15 is 0 Å². The van der Waals surface area contributed by atoms with Crippen LogP contribution in [0.5, 0.6) is 5.75 Å². The first-order valence-corrected chi connectivity index (χ1v) is 9.92. The number of carbonyl (C=O) groups is 1. The van der Waals surface area contributed by atoms with Crippen LogP contribution in [-0.2, 0) is 4.74 Å². The minimum absolute atomic E-state index is 0.0539. The lowest BCUT2D eigenvalue weighted by Gasteiger charge is -2.43. The van der Waals surface area contributed by atoms with Crippen molar-refractivity contribution in [1.82, 2.24) is 0 Å². The molecule has 0 amide bonds. The topological polar surface area (TPSA) is 55.8 Å². The highest BCUT2D eigenvalue weighted by molar-refractivity contribution is 5.89. The number of methoxy groups -OCH3 is 1. The van der Waals surface area contributed by atoms with Crippen molar-refractivity contribution < 1.29 is 19.4 Å². The molecule has 1 aromatic carbocycles. The van der Waals surface area contributed by atoms with Gasteiger partial charge in [0.15, 0.2) is 0 Å². The molecule has 0 aromatic heterocycles. The molecule has 2 aliphatic rings. The lowest BCUT2D eigenvalue weighted by Crippen LogP contribution is -2.50. The van der Waals surface area contributed by atoms with E-state index in [2.05, 4.69) is 33.8 Å². The van der Waals surface area contributed by atoms with Gasteiger partial charge in [0.2, 0.25) is 0 Å². The Morgan fingerprint density at radius 1 is 1.22 bits per heavy atom. The molecule has 1 fully saturated rings. The summed E-state index contributed by atoms with van der Waals surface area (Å²) in [5.41, 5.74) is 0.874. The molecule has 0 spiro atoms. The molecule has 27 heavy (non-hydrogen) atoms. The molecule has 2 aliphatic carbocycles. The zero-order valence-electron chi connectivity index (χ0n) is 17.1. The second-order valence-corrected chi connectivity index (χ2v) is 8.91. The van der Waals surface area contributed by atoms with Gasteiger partial charge in [-0.2, -0.15) is 0 Å². The summed E-state index contributed by atoms with van der Waals surface area (Å²) in [6.07, 6.45) is 5.26. The Morgan fingerprint density at radius 2 is 1.89 bits per heavy atom. The lowest BCUT2D eigenvalue weighted by atomic mass is 9.67. The van der Waals surface area contributed by atoms with Crippen LogP contribution in [0.3, 0.4) is 0 Å². The highest BCUT2D eigenvalue weighted by Gasteiger charge is 2.59. The Kier molecular flexibility index (Phi) is 5.40. The van der Waals surface area contributed by atoms with Crippen molar-refractivity contribution in [3.8, 4) is 5.75 Å². The number of rotatable bonds is 4. The number of hydrogen-bond acceptors (Lipinski definition) is 4. The van der Waals surface area contributed by atoms with Gasteiger partial charge in [-0.05, 0) is 61.8 Å². The van der Waals surface area contributed by atoms with Crippen molar-refractivity contribution in [3.05, 3.63) is 41.5 Å². The summed E-state index contributed by atoms with van der Waals surface area (Å²) in [6, 6.07) is 6.98. The maximum absolute atomic E-state index is 12.8. The molecule has 4 nitrogen and oxygen atoms in total. The number of hydrogen-bond donors (Lipinski definition) is 1. The van der Waals surface area contributed by atoms with Crippen molar-refractivity contribution in [2.75, 3.05) is 7.11 Å². The third-order valence-corrected chi connectivity index (χ3v) is 6.78. The van der Waals surface area contributed by atoms with E-state index in [0.717, 1.165) is 19.3 Å². The number of esters is 1. The van der Waals surface area contributed by atoms with Crippen LogP contribution in [0, 0.1) is 17.3 Å². The molecule has 0 saturated heterocycles. The molecule has 1 saturated carbocycles. The molecule has 0 bridgehead atoms. The summed E-state index contributed by atoms with van der Waals surface area (Å²) < 4.78 is 11.2. The maximum Gasteiger partial charge on any atom is 0.338 e. The van der Waals surface area contributed by atoms with Crippen LogP contribution in [0.2, 0.25) is 0 Å². The van der Waals surface area contributed by atoms with Gasteiger partial charge in [0, 0.05) is 12.3 Å². The molecule has 4 heteroatoms. The van der Waals surface area contributed by atoms with Crippen molar-refractivity contribution in [3.63, 3.8) is 0 Å². The third kappa shape index (κ3) is 3.64. The molecule has 1 aromatic rings. The van der Waals surface area contributed by atoms with E-state index in [-0.39, 0.29) is 29.3 Å². The molecule has 0 heterocycles. The predicted octanol–water partition coefficient (Wildman–Crippen LogP) is 4.76. The first kappa shape index (κ1) is 19.9. The summed E-state index contributed by atoms with van der Waals surface area (Å²) in [6.45, 7) is 8.47. The Balaban J connectivity index is 1.90. The average molecular weight is 373 g/mol. The predicted molar refractivity (Wildman–Crippen MR) is 106 cm³/mol. The van der Waals surface area contributed by atoms with Gasteiger partial charge in [-0.25, -0.2) is 4.79 Å². The number of carbonyl (C=O) groups excluding carboxylic acids is 1.